The van der Waals surface area contributed by atoms with Crippen LogP contribution in [0, 0.1) is 5.92 Å². The number of ether oxygens (including phenoxy) is 1. The molecule has 0 radical (unpaired) electrons. The molecule has 5 nitrogen and oxygen atoms in total. The lowest BCUT2D eigenvalue weighted by Gasteiger charge is -2.14. The summed E-state index contributed by atoms with van der Waals surface area (Å²) in [7, 11) is 0. The van der Waals surface area contributed by atoms with Crippen LogP contribution >= 0.6 is 11.3 Å². The number of carbonyl (C=O) groups excluding carboxylic acids is 2. The molecule has 1 aromatic heterocycles. The molecule has 0 aliphatic carbocycles. The van der Waals surface area contributed by atoms with Crippen LogP contribution in [0.1, 0.15) is 51.5 Å². The Morgan fingerprint density at radius 3 is 2.69 bits per heavy atom. The first-order valence-electron chi connectivity index (χ1n) is 9.23. The van der Waals surface area contributed by atoms with Gasteiger partial charge in [0, 0.05) is 12.5 Å². The highest BCUT2D eigenvalue weighted by molar-refractivity contribution is 7.18. The first-order chi connectivity index (χ1) is 12.4. The molecule has 0 bridgehead atoms. The highest BCUT2D eigenvalue weighted by Gasteiger charge is 2.12. The maximum atomic E-state index is 11.8. The summed E-state index contributed by atoms with van der Waals surface area (Å²) in [6.07, 6.45) is 3.94. The van der Waals surface area contributed by atoms with Crippen LogP contribution in [0.3, 0.4) is 0 Å². The van der Waals surface area contributed by atoms with Crippen molar-refractivity contribution in [3.63, 3.8) is 0 Å². The van der Waals surface area contributed by atoms with Crippen LogP contribution in [-0.2, 0) is 20.7 Å². The van der Waals surface area contributed by atoms with E-state index in [0.717, 1.165) is 34.5 Å². The van der Waals surface area contributed by atoms with Crippen molar-refractivity contribution in [2.75, 3.05) is 6.61 Å². The Morgan fingerprint density at radius 2 is 1.96 bits per heavy atom. The molecule has 2 rings (SSSR count). The Labute approximate surface area is 159 Å². The monoisotopic (exact) mass is 376 g/mol. The summed E-state index contributed by atoms with van der Waals surface area (Å²) in [5.74, 6) is 0.0662. The molecule has 2 aromatic rings. The van der Waals surface area contributed by atoms with E-state index in [9.17, 15) is 9.59 Å². The maximum Gasteiger partial charge on any atom is 0.306 e. The second kappa shape index (κ2) is 10.3. The zero-order chi connectivity index (χ0) is 18.9. The van der Waals surface area contributed by atoms with E-state index >= 15 is 0 Å². The van der Waals surface area contributed by atoms with E-state index in [4.69, 9.17) is 4.74 Å². The molecule has 0 aliphatic heterocycles. The molecule has 0 spiro atoms. The number of esters is 1. The predicted molar refractivity (Wildman–Crippen MR) is 105 cm³/mol. The molecule has 0 aliphatic rings. The van der Waals surface area contributed by atoms with Gasteiger partial charge in [-0.25, -0.2) is 4.98 Å². The fourth-order valence-corrected chi connectivity index (χ4v) is 3.64. The average molecular weight is 377 g/mol. The highest BCUT2D eigenvalue weighted by atomic mass is 32.1. The number of carbonyl (C=O) groups is 2. The molecule has 142 valence electrons. The van der Waals surface area contributed by atoms with E-state index in [-0.39, 0.29) is 30.9 Å². The number of nitrogens with zero attached hydrogens (tertiary/aromatic N) is 1. The van der Waals surface area contributed by atoms with E-state index in [1.807, 2.05) is 31.2 Å². The van der Waals surface area contributed by atoms with Crippen molar-refractivity contribution >= 4 is 33.4 Å². The van der Waals surface area contributed by atoms with Crippen molar-refractivity contribution in [1.82, 2.24) is 10.3 Å². The van der Waals surface area contributed by atoms with Gasteiger partial charge in [0.05, 0.1) is 21.6 Å². The van der Waals surface area contributed by atoms with Gasteiger partial charge < -0.3 is 10.1 Å². The van der Waals surface area contributed by atoms with Crippen molar-refractivity contribution < 1.29 is 14.3 Å². The number of hydrogen-bond donors (Lipinski definition) is 1. The van der Waals surface area contributed by atoms with Crippen molar-refractivity contribution in [3.05, 3.63) is 29.3 Å². The van der Waals surface area contributed by atoms with Crippen molar-refractivity contribution in [3.8, 4) is 0 Å². The summed E-state index contributed by atoms with van der Waals surface area (Å²) in [6.45, 7) is 6.15. The zero-order valence-corrected chi connectivity index (χ0v) is 16.6. The number of aryl methyl sites for hydroxylation is 1. The number of fused-ring (bicyclic) bond motifs is 1. The zero-order valence-electron chi connectivity index (χ0n) is 15.8. The van der Waals surface area contributed by atoms with Gasteiger partial charge in [-0.3, -0.25) is 9.59 Å². The van der Waals surface area contributed by atoms with Gasteiger partial charge in [0.2, 0.25) is 0 Å². The first kappa shape index (κ1) is 20.4. The van der Waals surface area contributed by atoms with Crippen LogP contribution in [0.2, 0.25) is 0 Å². The average Bonchev–Trinajstić information content (AvgIpc) is 3.00. The molecule has 1 amide bonds. The van der Waals surface area contributed by atoms with Crippen molar-refractivity contribution in [2.24, 2.45) is 5.92 Å². The van der Waals surface area contributed by atoms with Crippen LogP contribution in [-0.4, -0.2) is 29.5 Å². The van der Waals surface area contributed by atoms with Crippen molar-refractivity contribution in [1.29, 1.82) is 0 Å². The van der Waals surface area contributed by atoms with Crippen LogP contribution in [0.15, 0.2) is 24.3 Å². The van der Waals surface area contributed by atoms with E-state index in [0.29, 0.717) is 12.3 Å². The number of benzene rings is 1. The van der Waals surface area contributed by atoms with E-state index in [2.05, 4.69) is 24.1 Å². The summed E-state index contributed by atoms with van der Waals surface area (Å²) in [6, 6.07) is 7.99. The topological polar surface area (TPSA) is 68.3 Å². The third-order valence-corrected chi connectivity index (χ3v) is 5.17. The largest absolute Gasteiger partial charge is 0.456 e. The molecule has 1 heterocycles. The van der Waals surface area contributed by atoms with E-state index < -0.39 is 0 Å². The first-order valence-corrected chi connectivity index (χ1v) is 10.0. The maximum absolute atomic E-state index is 11.8. The molecular formula is C20H28N2O3S. The van der Waals surface area contributed by atoms with Gasteiger partial charge in [0.1, 0.15) is 0 Å². The van der Waals surface area contributed by atoms with Gasteiger partial charge in [-0.05, 0) is 31.4 Å². The second-order valence-electron chi connectivity index (χ2n) is 7.03. The number of para-hydroxylation sites is 1. The Bertz CT molecular complexity index is 694. The summed E-state index contributed by atoms with van der Waals surface area (Å²) < 4.78 is 6.18. The third-order valence-electron chi connectivity index (χ3n) is 4.07. The summed E-state index contributed by atoms with van der Waals surface area (Å²) in [4.78, 5) is 28.2. The standard InChI is InChI=1S/C20H28N2O3S/c1-14(2)7-6-8-15(3)21-18(23)13-25-20(24)12-11-19-22-16-9-4-5-10-17(16)26-19/h4-5,9-10,14-15H,6-8,11-13H2,1-3H3,(H,21,23). The molecule has 1 N–H and O–H groups in total. The number of nitrogens with one attached hydrogen (secondary N) is 1. The van der Waals surface area contributed by atoms with Crippen LogP contribution in [0.5, 0.6) is 0 Å². The molecule has 6 heteroatoms. The summed E-state index contributed by atoms with van der Waals surface area (Å²) >= 11 is 1.58. The molecule has 0 saturated carbocycles. The number of rotatable bonds is 10. The minimum Gasteiger partial charge on any atom is -0.456 e. The third kappa shape index (κ3) is 7.12. The molecule has 1 aromatic carbocycles. The smallest absolute Gasteiger partial charge is 0.306 e. The van der Waals surface area contributed by atoms with E-state index in [1.54, 1.807) is 11.3 Å². The van der Waals surface area contributed by atoms with Gasteiger partial charge in [-0.2, -0.15) is 0 Å². The van der Waals surface area contributed by atoms with Gasteiger partial charge in [0.15, 0.2) is 6.61 Å². The van der Waals surface area contributed by atoms with Crippen LogP contribution in [0.25, 0.3) is 10.2 Å². The van der Waals surface area contributed by atoms with Crippen LogP contribution in [0.4, 0.5) is 0 Å². The molecule has 1 atom stereocenters. The number of hydrogen-bond acceptors (Lipinski definition) is 5. The molecule has 0 fully saturated rings. The second-order valence-corrected chi connectivity index (χ2v) is 8.14. The Kier molecular flexibility index (Phi) is 8.04. The minimum absolute atomic E-state index is 0.0997. The highest BCUT2D eigenvalue weighted by Crippen LogP contribution is 2.22. The number of amides is 1. The van der Waals surface area contributed by atoms with Gasteiger partial charge in [-0.1, -0.05) is 38.8 Å². The van der Waals surface area contributed by atoms with Gasteiger partial charge >= 0.3 is 5.97 Å². The lowest BCUT2D eigenvalue weighted by molar-refractivity contribution is -0.148. The fraction of sp³-hybridized carbons (Fsp3) is 0.550. The predicted octanol–water partition coefficient (Wildman–Crippen LogP) is 4.10. The summed E-state index contributed by atoms with van der Waals surface area (Å²) in [5.41, 5.74) is 0.951. The molecule has 0 saturated heterocycles. The Balaban J connectivity index is 1.64. The Morgan fingerprint density at radius 1 is 1.19 bits per heavy atom. The summed E-state index contributed by atoms with van der Waals surface area (Å²) in [5, 5.41) is 3.78. The number of thiazole rings is 1. The normalized spacial score (nSPS) is 12.3. The molecular weight excluding hydrogens is 348 g/mol. The molecule has 1 unspecified atom stereocenters. The van der Waals surface area contributed by atoms with Gasteiger partial charge in [-0.15, -0.1) is 11.3 Å². The molecule has 26 heavy (non-hydrogen) atoms. The van der Waals surface area contributed by atoms with Gasteiger partial charge in [0.25, 0.3) is 5.91 Å². The number of aromatic nitrogens is 1. The lowest BCUT2D eigenvalue weighted by Crippen LogP contribution is -2.35. The van der Waals surface area contributed by atoms with E-state index in [1.165, 1.54) is 0 Å². The fourth-order valence-electron chi connectivity index (χ4n) is 2.68. The quantitative estimate of drug-likeness (QED) is 0.634. The van der Waals surface area contributed by atoms with Crippen molar-refractivity contribution in [2.45, 2.75) is 58.9 Å². The van der Waals surface area contributed by atoms with Crippen LogP contribution < -0.4 is 5.32 Å². The lowest BCUT2D eigenvalue weighted by atomic mass is 10.0. The Hall–Kier alpha value is -1.95. The SMILES string of the molecule is CC(C)CCCC(C)NC(=O)COC(=O)CCc1nc2ccccc2s1. The minimum atomic E-state index is -0.369.